The summed E-state index contributed by atoms with van der Waals surface area (Å²) < 4.78 is 0. The SMILES string of the molecule is Cc1cc([N+](=O)[O-])ccc1NC(C)(CO)CO. The largest absolute Gasteiger partial charge is 0.394 e. The van der Waals surface area contributed by atoms with E-state index in [9.17, 15) is 10.1 Å². The molecule has 0 aliphatic rings. The molecule has 1 aromatic rings. The third kappa shape index (κ3) is 3.15. The fraction of sp³-hybridized carbons (Fsp3) is 0.455. The second-order valence-corrected chi connectivity index (χ2v) is 4.26. The molecule has 0 heterocycles. The van der Waals surface area contributed by atoms with Crippen LogP contribution in [0.1, 0.15) is 12.5 Å². The van der Waals surface area contributed by atoms with E-state index >= 15 is 0 Å². The van der Waals surface area contributed by atoms with Crippen LogP contribution in [0.4, 0.5) is 11.4 Å². The summed E-state index contributed by atoms with van der Waals surface area (Å²) in [4.78, 5) is 10.1. The van der Waals surface area contributed by atoms with Crippen molar-refractivity contribution in [1.29, 1.82) is 0 Å². The molecule has 0 unspecified atom stereocenters. The molecule has 0 aliphatic carbocycles. The first-order valence-corrected chi connectivity index (χ1v) is 5.17. The van der Waals surface area contributed by atoms with Gasteiger partial charge in [0.05, 0.1) is 23.7 Å². The quantitative estimate of drug-likeness (QED) is 0.528. The lowest BCUT2D eigenvalue weighted by Gasteiger charge is -2.28. The molecule has 0 atom stereocenters. The van der Waals surface area contributed by atoms with Crippen molar-refractivity contribution < 1.29 is 15.1 Å². The van der Waals surface area contributed by atoms with Gasteiger partial charge in [0.25, 0.3) is 5.69 Å². The maximum Gasteiger partial charge on any atom is 0.269 e. The highest BCUT2D eigenvalue weighted by Gasteiger charge is 2.22. The number of nitro benzene ring substituents is 1. The van der Waals surface area contributed by atoms with Gasteiger partial charge in [0.1, 0.15) is 0 Å². The van der Waals surface area contributed by atoms with Crippen molar-refractivity contribution in [2.45, 2.75) is 19.4 Å². The highest BCUT2D eigenvalue weighted by molar-refractivity contribution is 5.56. The zero-order chi connectivity index (χ0) is 13.1. The molecule has 0 saturated heterocycles. The number of hydrogen-bond donors (Lipinski definition) is 3. The van der Waals surface area contributed by atoms with Crippen LogP contribution in [0, 0.1) is 17.0 Å². The van der Waals surface area contributed by atoms with Gasteiger partial charge in [-0.25, -0.2) is 0 Å². The van der Waals surface area contributed by atoms with Gasteiger partial charge in [-0.2, -0.15) is 0 Å². The molecule has 6 heteroatoms. The standard InChI is InChI=1S/C11H16N2O4/c1-8-5-9(13(16)17)3-4-10(8)12-11(2,6-14)7-15/h3-5,12,14-15H,6-7H2,1-2H3. The number of hydrogen-bond acceptors (Lipinski definition) is 5. The molecule has 1 rings (SSSR count). The van der Waals surface area contributed by atoms with Crippen LogP contribution in [0.5, 0.6) is 0 Å². The summed E-state index contributed by atoms with van der Waals surface area (Å²) in [5.41, 5.74) is 0.511. The Kier molecular flexibility index (Phi) is 4.03. The number of nitrogens with one attached hydrogen (secondary N) is 1. The fourth-order valence-electron chi connectivity index (χ4n) is 1.36. The van der Waals surface area contributed by atoms with Gasteiger partial charge in [-0.15, -0.1) is 0 Å². The molecule has 0 radical (unpaired) electrons. The molecule has 94 valence electrons. The molecular formula is C11H16N2O4. The van der Waals surface area contributed by atoms with Gasteiger partial charge in [0.15, 0.2) is 0 Å². The fourth-order valence-corrected chi connectivity index (χ4v) is 1.36. The Morgan fingerprint density at radius 1 is 1.41 bits per heavy atom. The van der Waals surface area contributed by atoms with Crippen molar-refractivity contribution in [3.8, 4) is 0 Å². The molecule has 0 saturated carbocycles. The maximum atomic E-state index is 10.6. The number of nitrogens with zero attached hydrogens (tertiary/aromatic N) is 1. The molecule has 0 fully saturated rings. The third-order valence-electron chi connectivity index (χ3n) is 2.56. The summed E-state index contributed by atoms with van der Waals surface area (Å²) in [6.07, 6.45) is 0. The van der Waals surface area contributed by atoms with Crippen LogP contribution in [0.3, 0.4) is 0 Å². The summed E-state index contributed by atoms with van der Waals surface area (Å²) in [6, 6.07) is 4.39. The maximum absolute atomic E-state index is 10.6. The van der Waals surface area contributed by atoms with E-state index < -0.39 is 10.5 Å². The second-order valence-electron chi connectivity index (χ2n) is 4.26. The minimum Gasteiger partial charge on any atom is -0.394 e. The van der Waals surface area contributed by atoms with Crippen molar-refractivity contribution in [3.05, 3.63) is 33.9 Å². The normalized spacial score (nSPS) is 11.3. The molecule has 0 aliphatic heterocycles. The minimum absolute atomic E-state index is 0.0164. The average Bonchev–Trinajstić information content (AvgIpc) is 2.31. The average molecular weight is 240 g/mol. The number of aliphatic hydroxyl groups is 2. The van der Waals surface area contributed by atoms with E-state index in [0.717, 1.165) is 0 Å². The van der Waals surface area contributed by atoms with E-state index in [1.165, 1.54) is 12.1 Å². The van der Waals surface area contributed by atoms with Crippen LogP contribution in [0.25, 0.3) is 0 Å². The van der Waals surface area contributed by atoms with Gasteiger partial charge in [0.2, 0.25) is 0 Å². The summed E-state index contributed by atoms with van der Waals surface area (Å²) >= 11 is 0. The second kappa shape index (κ2) is 5.11. The number of non-ortho nitro benzene ring substituents is 1. The van der Waals surface area contributed by atoms with Crippen LogP contribution in [0.2, 0.25) is 0 Å². The number of anilines is 1. The van der Waals surface area contributed by atoms with E-state index in [2.05, 4.69) is 5.32 Å². The van der Waals surface area contributed by atoms with Crippen molar-refractivity contribution in [2.75, 3.05) is 18.5 Å². The Hall–Kier alpha value is -1.66. The Morgan fingerprint density at radius 3 is 2.41 bits per heavy atom. The van der Waals surface area contributed by atoms with Gasteiger partial charge < -0.3 is 15.5 Å². The third-order valence-corrected chi connectivity index (χ3v) is 2.56. The first-order valence-electron chi connectivity index (χ1n) is 5.17. The molecule has 0 spiro atoms. The highest BCUT2D eigenvalue weighted by atomic mass is 16.6. The molecule has 0 aromatic heterocycles. The lowest BCUT2D eigenvalue weighted by molar-refractivity contribution is -0.384. The Morgan fingerprint density at radius 2 is 2.00 bits per heavy atom. The molecule has 3 N–H and O–H groups in total. The topological polar surface area (TPSA) is 95.6 Å². The van der Waals surface area contributed by atoms with E-state index in [4.69, 9.17) is 10.2 Å². The first-order chi connectivity index (χ1) is 7.91. The van der Waals surface area contributed by atoms with E-state index in [1.807, 2.05) is 0 Å². The van der Waals surface area contributed by atoms with Gasteiger partial charge in [-0.3, -0.25) is 10.1 Å². The Bertz CT molecular complexity index is 416. The van der Waals surface area contributed by atoms with Crippen molar-refractivity contribution in [1.82, 2.24) is 0 Å². The molecular weight excluding hydrogens is 224 g/mol. The van der Waals surface area contributed by atoms with Crippen LogP contribution >= 0.6 is 0 Å². The van der Waals surface area contributed by atoms with Crippen molar-refractivity contribution in [3.63, 3.8) is 0 Å². The molecule has 6 nitrogen and oxygen atoms in total. The minimum atomic E-state index is -0.846. The van der Waals surface area contributed by atoms with Gasteiger partial charge in [0, 0.05) is 17.8 Å². The monoisotopic (exact) mass is 240 g/mol. The zero-order valence-corrected chi connectivity index (χ0v) is 9.80. The summed E-state index contributed by atoms with van der Waals surface area (Å²) in [5.74, 6) is 0. The molecule has 0 amide bonds. The van der Waals surface area contributed by atoms with Crippen LogP contribution in [-0.4, -0.2) is 33.9 Å². The summed E-state index contributed by atoms with van der Waals surface area (Å²) in [7, 11) is 0. The van der Waals surface area contributed by atoms with Crippen molar-refractivity contribution >= 4 is 11.4 Å². The van der Waals surface area contributed by atoms with E-state index in [-0.39, 0.29) is 18.9 Å². The van der Waals surface area contributed by atoms with Gasteiger partial charge in [-0.05, 0) is 25.5 Å². The number of rotatable bonds is 5. The summed E-state index contributed by atoms with van der Waals surface area (Å²) in [6.45, 7) is 2.91. The van der Waals surface area contributed by atoms with E-state index in [1.54, 1.807) is 19.9 Å². The predicted molar refractivity (Wildman–Crippen MR) is 64.0 cm³/mol. The predicted octanol–water partition coefficient (Wildman–Crippen LogP) is 1.06. The Balaban J connectivity index is 2.97. The number of nitro groups is 1. The first kappa shape index (κ1) is 13.4. The van der Waals surface area contributed by atoms with Crippen LogP contribution < -0.4 is 5.32 Å². The Labute approximate surface area is 99.0 Å². The number of benzene rings is 1. The lowest BCUT2D eigenvalue weighted by atomic mass is 10.0. The highest BCUT2D eigenvalue weighted by Crippen LogP contribution is 2.23. The molecule has 17 heavy (non-hydrogen) atoms. The van der Waals surface area contributed by atoms with E-state index in [0.29, 0.717) is 11.3 Å². The summed E-state index contributed by atoms with van der Waals surface area (Å²) in [5, 5.41) is 31.8. The zero-order valence-electron chi connectivity index (χ0n) is 9.80. The van der Waals surface area contributed by atoms with Gasteiger partial charge in [-0.1, -0.05) is 0 Å². The smallest absolute Gasteiger partial charge is 0.269 e. The van der Waals surface area contributed by atoms with Gasteiger partial charge >= 0.3 is 0 Å². The number of aryl methyl sites for hydroxylation is 1. The van der Waals surface area contributed by atoms with Crippen LogP contribution in [-0.2, 0) is 0 Å². The van der Waals surface area contributed by atoms with Crippen LogP contribution in [0.15, 0.2) is 18.2 Å². The van der Waals surface area contributed by atoms with Crippen molar-refractivity contribution in [2.24, 2.45) is 0 Å². The lowest BCUT2D eigenvalue weighted by Crippen LogP contribution is -2.42. The molecule has 0 bridgehead atoms. The molecule has 1 aromatic carbocycles. The number of aliphatic hydroxyl groups excluding tert-OH is 2.